The molecule has 1 aliphatic rings. The summed E-state index contributed by atoms with van der Waals surface area (Å²) in [5, 5.41) is 0. The van der Waals surface area contributed by atoms with Crippen LogP contribution in [0.25, 0.3) is 11.1 Å². The molecule has 1 unspecified atom stereocenters. The number of ether oxygens (including phenoxy) is 1. The molecule has 0 saturated carbocycles. The van der Waals surface area contributed by atoms with Crippen LogP contribution in [-0.4, -0.2) is 5.97 Å². The fourth-order valence-corrected chi connectivity index (χ4v) is 4.71. The molecule has 2 nitrogen and oxygen atoms in total. The highest BCUT2D eigenvalue weighted by atomic mass is 16.5. The van der Waals surface area contributed by atoms with Gasteiger partial charge in [-0.2, -0.15) is 0 Å². The van der Waals surface area contributed by atoms with Crippen molar-refractivity contribution in [3.05, 3.63) is 53.6 Å². The molecule has 31 heavy (non-hydrogen) atoms. The monoisotopic (exact) mass is 420 g/mol. The maximum Gasteiger partial charge on any atom is 0.311 e. The Balaban J connectivity index is 1.51. The van der Waals surface area contributed by atoms with E-state index in [-0.39, 0.29) is 5.97 Å². The van der Waals surface area contributed by atoms with Gasteiger partial charge in [0.15, 0.2) is 0 Å². The van der Waals surface area contributed by atoms with Crippen molar-refractivity contribution in [1.29, 1.82) is 0 Å². The van der Waals surface area contributed by atoms with Crippen LogP contribution in [-0.2, 0) is 17.6 Å². The van der Waals surface area contributed by atoms with Gasteiger partial charge in [-0.15, -0.1) is 0 Å². The molecule has 0 spiro atoms. The van der Waals surface area contributed by atoms with Crippen molar-refractivity contribution in [3.63, 3.8) is 0 Å². The Morgan fingerprint density at radius 2 is 1.55 bits per heavy atom. The molecule has 0 aliphatic heterocycles. The third kappa shape index (κ3) is 7.52. The summed E-state index contributed by atoms with van der Waals surface area (Å²) in [4.78, 5) is 12.0. The molecule has 2 aromatic carbocycles. The molecular weight excluding hydrogens is 380 g/mol. The van der Waals surface area contributed by atoms with Gasteiger partial charge in [-0.25, -0.2) is 0 Å². The van der Waals surface area contributed by atoms with Crippen molar-refractivity contribution >= 4 is 5.97 Å². The fourth-order valence-electron chi connectivity index (χ4n) is 4.71. The Morgan fingerprint density at radius 3 is 2.32 bits per heavy atom. The SMILES string of the molecule is CCCCCCCC(=O)Oc1ccc(-c2ccc3c(c2)CCC(CCCCC)C3)cc1. The molecular formula is C29H40O2. The van der Waals surface area contributed by atoms with E-state index in [1.54, 1.807) is 5.56 Å². The second-order valence-electron chi connectivity index (χ2n) is 9.25. The predicted molar refractivity (Wildman–Crippen MR) is 131 cm³/mol. The maximum atomic E-state index is 12.0. The van der Waals surface area contributed by atoms with Gasteiger partial charge in [0.05, 0.1) is 0 Å². The summed E-state index contributed by atoms with van der Waals surface area (Å²) >= 11 is 0. The number of benzene rings is 2. The first kappa shape index (κ1) is 23.6. The van der Waals surface area contributed by atoms with Gasteiger partial charge in [-0.1, -0.05) is 95.5 Å². The second kappa shape index (κ2) is 12.7. The van der Waals surface area contributed by atoms with Crippen molar-refractivity contribution in [1.82, 2.24) is 0 Å². The average Bonchev–Trinajstić information content (AvgIpc) is 2.79. The summed E-state index contributed by atoms with van der Waals surface area (Å²) in [6.07, 6.45) is 15.4. The number of fused-ring (bicyclic) bond motifs is 1. The van der Waals surface area contributed by atoms with Gasteiger partial charge in [-0.05, 0) is 66.0 Å². The van der Waals surface area contributed by atoms with Gasteiger partial charge < -0.3 is 4.74 Å². The van der Waals surface area contributed by atoms with Crippen LogP contribution in [0.3, 0.4) is 0 Å². The van der Waals surface area contributed by atoms with E-state index in [1.165, 1.54) is 80.9 Å². The maximum absolute atomic E-state index is 12.0. The number of rotatable bonds is 12. The highest BCUT2D eigenvalue weighted by molar-refractivity contribution is 5.73. The molecule has 2 heteroatoms. The summed E-state index contributed by atoms with van der Waals surface area (Å²) in [6, 6.07) is 15.0. The van der Waals surface area contributed by atoms with E-state index >= 15 is 0 Å². The van der Waals surface area contributed by atoms with Crippen molar-refractivity contribution in [2.24, 2.45) is 5.92 Å². The Labute approximate surface area is 189 Å². The smallest absolute Gasteiger partial charge is 0.311 e. The van der Waals surface area contributed by atoms with Crippen LogP contribution in [0.1, 0.15) is 95.6 Å². The van der Waals surface area contributed by atoms with Gasteiger partial charge in [0.25, 0.3) is 0 Å². The minimum atomic E-state index is -0.119. The number of carbonyl (C=O) groups is 1. The zero-order valence-corrected chi connectivity index (χ0v) is 19.6. The van der Waals surface area contributed by atoms with E-state index in [2.05, 4.69) is 44.2 Å². The number of carbonyl (C=O) groups excluding carboxylic acids is 1. The highest BCUT2D eigenvalue weighted by Crippen LogP contribution is 2.32. The molecule has 0 aromatic heterocycles. The lowest BCUT2D eigenvalue weighted by Gasteiger charge is -2.25. The Bertz CT molecular complexity index is 806. The van der Waals surface area contributed by atoms with Crippen LogP contribution in [0.4, 0.5) is 0 Å². The zero-order chi connectivity index (χ0) is 21.9. The first-order valence-corrected chi connectivity index (χ1v) is 12.6. The third-order valence-corrected chi connectivity index (χ3v) is 6.66. The molecule has 0 bridgehead atoms. The van der Waals surface area contributed by atoms with Gasteiger partial charge in [0, 0.05) is 6.42 Å². The van der Waals surface area contributed by atoms with Gasteiger partial charge in [-0.3, -0.25) is 4.79 Å². The lowest BCUT2D eigenvalue weighted by Crippen LogP contribution is -2.14. The van der Waals surface area contributed by atoms with E-state index in [0.29, 0.717) is 12.2 Å². The number of hydrogen-bond donors (Lipinski definition) is 0. The number of esters is 1. The van der Waals surface area contributed by atoms with Crippen LogP contribution < -0.4 is 4.74 Å². The van der Waals surface area contributed by atoms with Crippen LogP contribution in [0, 0.1) is 5.92 Å². The van der Waals surface area contributed by atoms with Gasteiger partial charge in [0.1, 0.15) is 5.75 Å². The van der Waals surface area contributed by atoms with E-state index in [4.69, 9.17) is 4.74 Å². The number of unbranched alkanes of at least 4 members (excludes halogenated alkanes) is 6. The Morgan fingerprint density at radius 1 is 0.839 bits per heavy atom. The summed E-state index contributed by atoms with van der Waals surface area (Å²) in [7, 11) is 0. The summed E-state index contributed by atoms with van der Waals surface area (Å²) in [5.41, 5.74) is 5.51. The van der Waals surface area contributed by atoms with Crippen LogP contribution >= 0.6 is 0 Å². The second-order valence-corrected chi connectivity index (χ2v) is 9.25. The molecule has 3 rings (SSSR count). The van der Waals surface area contributed by atoms with Crippen LogP contribution in [0.15, 0.2) is 42.5 Å². The van der Waals surface area contributed by atoms with Crippen molar-refractivity contribution in [2.75, 3.05) is 0 Å². The molecule has 1 aliphatic carbocycles. The molecule has 2 aromatic rings. The van der Waals surface area contributed by atoms with Crippen molar-refractivity contribution < 1.29 is 9.53 Å². The van der Waals surface area contributed by atoms with Crippen molar-refractivity contribution in [3.8, 4) is 16.9 Å². The minimum absolute atomic E-state index is 0.119. The molecule has 168 valence electrons. The van der Waals surface area contributed by atoms with Gasteiger partial charge >= 0.3 is 5.97 Å². The molecule has 0 heterocycles. The number of hydrogen-bond acceptors (Lipinski definition) is 2. The largest absolute Gasteiger partial charge is 0.427 e. The van der Waals surface area contributed by atoms with Crippen LogP contribution in [0.5, 0.6) is 5.75 Å². The first-order valence-electron chi connectivity index (χ1n) is 12.6. The highest BCUT2D eigenvalue weighted by Gasteiger charge is 2.18. The third-order valence-electron chi connectivity index (χ3n) is 6.66. The lowest BCUT2D eigenvalue weighted by atomic mass is 9.80. The summed E-state index contributed by atoms with van der Waals surface area (Å²) in [6.45, 7) is 4.48. The molecule has 0 fully saturated rings. The topological polar surface area (TPSA) is 26.3 Å². The Hall–Kier alpha value is -2.09. The lowest BCUT2D eigenvalue weighted by molar-refractivity contribution is -0.134. The zero-order valence-electron chi connectivity index (χ0n) is 19.6. The molecule has 0 amide bonds. The standard InChI is InChI=1S/C29H40O2/c1-3-5-7-8-10-12-29(30)31-28-19-17-24(18-20-28)26-16-15-25-21-23(11-9-6-4-2)13-14-27(25)22-26/h15-20,22-23H,3-14,21H2,1-2H3. The normalized spacial score (nSPS) is 15.5. The first-order chi connectivity index (χ1) is 15.2. The van der Waals surface area contributed by atoms with Gasteiger partial charge in [0.2, 0.25) is 0 Å². The quantitative estimate of drug-likeness (QED) is 0.196. The molecule has 0 N–H and O–H groups in total. The van der Waals surface area contributed by atoms with E-state index in [0.717, 1.165) is 18.8 Å². The van der Waals surface area contributed by atoms with Crippen molar-refractivity contribution in [2.45, 2.75) is 97.3 Å². The van der Waals surface area contributed by atoms with Crippen LogP contribution in [0.2, 0.25) is 0 Å². The Kier molecular flexibility index (Phi) is 9.65. The summed E-state index contributed by atoms with van der Waals surface area (Å²) in [5.74, 6) is 1.40. The molecule has 1 atom stereocenters. The van der Waals surface area contributed by atoms with E-state index in [1.807, 2.05) is 12.1 Å². The fraction of sp³-hybridized carbons (Fsp3) is 0.552. The minimum Gasteiger partial charge on any atom is -0.427 e. The van der Waals surface area contributed by atoms with E-state index < -0.39 is 0 Å². The molecule has 0 radical (unpaired) electrons. The number of aryl methyl sites for hydroxylation is 1. The summed E-state index contributed by atoms with van der Waals surface area (Å²) < 4.78 is 5.52. The predicted octanol–water partition coefficient (Wildman–Crippen LogP) is 8.30. The average molecular weight is 421 g/mol. The molecule has 0 saturated heterocycles. The van der Waals surface area contributed by atoms with E-state index in [9.17, 15) is 4.79 Å².